The maximum atomic E-state index is 13.3. The number of rotatable bonds is 3. The van der Waals surface area contributed by atoms with Gasteiger partial charge in [-0.3, -0.25) is 0 Å². The van der Waals surface area contributed by atoms with Crippen LogP contribution in [0.5, 0.6) is 0 Å². The van der Waals surface area contributed by atoms with E-state index >= 15 is 0 Å². The van der Waals surface area contributed by atoms with E-state index in [1.807, 2.05) is 39.8 Å². The minimum atomic E-state index is -1.32. The van der Waals surface area contributed by atoms with E-state index in [1.165, 1.54) is 0 Å². The number of hydrogen-bond donors (Lipinski definition) is 2. The highest BCUT2D eigenvalue weighted by molar-refractivity contribution is 5.95. The third-order valence-corrected chi connectivity index (χ3v) is 2.94. The molecule has 2 N–H and O–H groups in total. The van der Waals surface area contributed by atoms with Crippen LogP contribution in [0.1, 0.15) is 35.3 Å². The van der Waals surface area contributed by atoms with Crippen LogP contribution in [0.3, 0.4) is 0 Å². The molecule has 2 rings (SSSR count). The number of anilines is 2. The van der Waals surface area contributed by atoms with Crippen molar-refractivity contribution in [3.8, 4) is 0 Å². The van der Waals surface area contributed by atoms with Gasteiger partial charge in [0.25, 0.3) is 0 Å². The minimum Gasteiger partial charge on any atom is -0.478 e. The van der Waals surface area contributed by atoms with Gasteiger partial charge in [-0.2, -0.15) is 0 Å². The Labute approximate surface area is 128 Å². The highest BCUT2D eigenvalue weighted by Crippen LogP contribution is 2.26. The molecule has 22 heavy (non-hydrogen) atoms. The molecule has 2 aromatic rings. The quantitative estimate of drug-likeness (QED) is 0.834. The zero-order chi connectivity index (χ0) is 16.9. The van der Waals surface area contributed by atoms with E-state index in [4.69, 9.17) is 5.11 Å². The number of aromatic carboxylic acids is 1. The fourth-order valence-corrected chi connectivity index (χ4v) is 1.93. The van der Waals surface area contributed by atoms with Gasteiger partial charge < -0.3 is 10.4 Å². The van der Waals surface area contributed by atoms with E-state index in [0.29, 0.717) is 11.8 Å². The molecule has 2 aromatic carbocycles. The van der Waals surface area contributed by atoms with Crippen molar-refractivity contribution in [3.63, 3.8) is 0 Å². The number of hydrogen-bond acceptors (Lipinski definition) is 2. The number of carbonyl (C=O) groups is 1. The average Bonchev–Trinajstić information content (AvgIpc) is 2.47. The molecule has 0 aromatic heterocycles. The van der Waals surface area contributed by atoms with Gasteiger partial charge in [0.2, 0.25) is 0 Å². The van der Waals surface area contributed by atoms with Gasteiger partial charge in [-0.15, -0.1) is 0 Å². The number of carboxylic acid groups (broad SMARTS) is 1. The molecule has 0 saturated carbocycles. The Bertz CT molecular complexity index is 685. The van der Waals surface area contributed by atoms with Crippen molar-refractivity contribution in [1.82, 2.24) is 0 Å². The number of carboxylic acids is 1. The lowest BCUT2D eigenvalue weighted by Gasteiger charge is -2.13. The molecule has 0 radical (unpaired) electrons. The Kier molecular flexibility index (Phi) is 6.04. The fraction of sp³-hybridized carbons (Fsp3) is 0.235. The summed E-state index contributed by atoms with van der Waals surface area (Å²) in [6.45, 7) is 7.77. The number of aryl methyl sites for hydroxylation is 2. The van der Waals surface area contributed by atoms with Crippen LogP contribution in [0.15, 0.2) is 30.3 Å². The summed E-state index contributed by atoms with van der Waals surface area (Å²) >= 11 is 0. The van der Waals surface area contributed by atoms with Crippen molar-refractivity contribution < 1.29 is 18.7 Å². The molecule has 118 valence electrons. The minimum absolute atomic E-state index is 0.0170. The average molecular weight is 307 g/mol. The van der Waals surface area contributed by atoms with Crippen molar-refractivity contribution in [3.05, 3.63) is 58.7 Å². The summed E-state index contributed by atoms with van der Waals surface area (Å²) < 4.78 is 26.4. The van der Waals surface area contributed by atoms with Crippen molar-refractivity contribution in [2.45, 2.75) is 27.7 Å². The van der Waals surface area contributed by atoms with Gasteiger partial charge in [-0.1, -0.05) is 31.5 Å². The van der Waals surface area contributed by atoms with Crippen LogP contribution in [0.25, 0.3) is 0 Å². The van der Waals surface area contributed by atoms with E-state index in [2.05, 4.69) is 5.32 Å². The predicted octanol–water partition coefficient (Wildman–Crippen LogP) is 5.05. The summed E-state index contributed by atoms with van der Waals surface area (Å²) in [6, 6.07) is 7.03. The molecule has 5 heteroatoms. The lowest BCUT2D eigenvalue weighted by molar-refractivity contribution is 0.0697. The second-order valence-corrected chi connectivity index (χ2v) is 4.56. The summed E-state index contributed by atoms with van der Waals surface area (Å²) in [4.78, 5) is 11.1. The molecular formula is C17H19F2NO2. The van der Waals surface area contributed by atoms with Gasteiger partial charge in [0.1, 0.15) is 0 Å². The van der Waals surface area contributed by atoms with Crippen LogP contribution in [0.2, 0.25) is 0 Å². The summed E-state index contributed by atoms with van der Waals surface area (Å²) in [5, 5.41) is 11.9. The van der Waals surface area contributed by atoms with Gasteiger partial charge in [0, 0.05) is 11.8 Å². The molecule has 0 atom stereocenters. The molecule has 0 bridgehead atoms. The normalized spacial score (nSPS) is 9.73. The lowest BCUT2D eigenvalue weighted by atomic mass is 10.1. The topological polar surface area (TPSA) is 49.3 Å². The zero-order valence-corrected chi connectivity index (χ0v) is 13.0. The second kappa shape index (κ2) is 7.54. The van der Waals surface area contributed by atoms with Crippen molar-refractivity contribution in [2.24, 2.45) is 0 Å². The van der Waals surface area contributed by atoms with Crippen LogP contribution in [-0.2, 0) is 0 Å². The van der Waals surface area contributed by atoms with E-state index in [-0.39, 0.29) is 11.3 Å². The summed E-state index contributed by atoms with van der Waals surface area (Å²) in [5.41, 5.74) is 2.28. The Morgan fingerprint density at radius 1 is 1.00 bits per heavy atom. The first-order chi connectivity index (χ1) is 10.4. The third-order valence-electron chi connectivity index (χ3n) is 2.94. The van der Waals surface area contributed by atoms with E-state index < -0.39 is 17.6 Å². The summed E-state index contributed by atoms with van der Waals surface area (Å²) in [5.74, 6) is -3.60. The number of nitrogens with one attached hydrogen (secondary N) is 1. The Morgan fingerprint density at radius 3 is 2.14 bits per heavy atom. The third kappa shape index (κ3) is 4.04. The van der Waals surface area contributed by atoms with Crippen LogP contribution in [0, 0.1) is 25.5 Å². The van der Waals surface area contributed by atoms with Crippen molar-refractivity contribution in [2.75, 3.05) is 5.32 Å². The number of benzene rings is 2. The first kappa shape index (κ1) is 17.6. The molecule has 0 amide bonds. The molecule has 0 aliphatic carbocycles. The molecule has 0 saturated heterocycles. The Balaban J connectivity index is 0.00000116. The van der Waals surface area contributed by atoms with E-state index in [0.717, 1.165) is 17.2 Å². The summed E-state index contributed by atoms with van der Waals surface area (Å²) in [6.07, 6.45) is 0. The SMILES string of the molecule is CC.Cc1ccc(Nc2cc(F)c(F)cc2C(=O)O)c(C)c1. The van der Waals surface area contributed by atoms with Gasteiger partial charge >= 0.3 is 5.97 Å². The molecule has 0 aliphatic heterocycles. The standard InChI is InChI=1S/C15H13F2NO2.C2H6/c1-8-3-4-13(9(2)5-8)18-14-7-12(17)11(16)6-10(14)15(19)20;1-2/h3-7,18H,1-2H3,(H,19,20);1-2H3. The molecule has 3 nitrogen and oxygen atoms in total. The maximum Gasteiger partial charge on any atom is 0.337 e. The second-order valence-electron chi connectivity index (χ2n) is 4.56. The zero-order valence-electron chi connectivity index (χ0n) is 13.0. The van der Waals surface area contributed by atoms with Crippen molar-refractivity contribution in [1.29, 1.82) is 0 Å². The van der Waals surface area contributed by atoms with Crippen molar-refractivity contribution >= 4 is 17.3 Å². The van der Waals surface area contributed by atoms with Gasteiger partial charge in [0.15, 0.2) is 11.6 Å². The van der Waals surface area contributed by atoms with E-state index in [9.17, 15) is 13.6 Å². The predicted molar refractivity (Wildman–Crippen MR) is 83.9 cm³/mol. The van der Waals surface area contributed by atoms with Gasteiger partial charge in [0.05, 0.1) is 11.3 Å². The lowest BCUT2D eigenvalue weighted by Crippen LogP contribution is -2.05. The first-order valence-electron chi connectivity index (χ1n) is 6.95. The highest BCUT2D eigenvalue weighted by atomic mass is 19.2. The van der Waals surface area contributed by atoms with Gasteiger partial charge in [-0.25, -0.2) is 13.6 Å². The van der Waals surface area contributed by atoms with Crippen LogP contribution >= 0.6 is 0 Å². The summed E-state index contributed by atoms with van der Waals surface area (Å²) in [7, 11) is 0. The smallest absolute Gasteiger partial charge is 0.337 e. The molecule has 0 unspecified atom stereocenters. The largest absolute Gasteiger partial charge is 0.478 e. The molecule has 0 fully saturated rings. The fourth-order valence-electron chi connectivity index (χ4n) is 1.93. The Hall–Kier alpha value is -2.43. The molecule has 0 spiro atoms. The van der Waals surface area contributed by atoms with Crippen LogP contribution in [0.4, 0.5) is 20.2 Å². The van der Waals surface area contributed by atoms with Crippen LogP contribution in [-0.4, -0.2) is 11.1 Å². The Morgan fingerprint density at radius 2 is 1.59 bits per heavy atom. The molecule has 0 heterocycles. The van der Waals surface area contributed by atoms with Crippen LogP contribution < -0.4 is 5.32 Å². The number of halogens is 2. The molecule has 0 aliphatic rings. The van der Waals surface area contributed by atoms with E-state index in [1.54, 1.807) is 6.07 Å². The monoisotopic (exact) mass is 307 g/mol. The molecular weight excluding hydrogens is 288 g/mol. The maximum absolute atomic E-state index is 13.3. The highest BCUT2D eigenvalue weighted by Gasteiger charge is 2.15. The van der Waals surface area contributed by atoms with Gasteiger partial charge in [-0.05, 0) is 31.5 Å². The first-order valence-corrected chi connectivity index (χ1v) is 6.95.